The second-order valence-electron chi connectivity index (χ2n) is 3.00. The minimum Gasteiger partial charge on any atom is -0.396 e. The van der Waals surface area contributed by atoms with Gasteiger partial charge in [-0.25, -0.2) is 0 Å². The molecule has 0 saturated heterocycles. The van der Waals surface area contributed by atoms with Gasteiger partial charge in [0, 0.05) is 24.8 Å². The fourth-order valence-corrected chi connectivity index (χ4v) is 2.87. The van der Waals surface area contributed by atoms with Crippen LogP contribution in [-0.4, -0.2) is 23.5 Å². The standard InChI is InChI=1S/C10H14ClO2Si/c1-8(14(12-2)13-3)9-5-4-6-10(11)7-9/h4-8H,1-3H3. The van der Waals surface area contributed by atoms with E-state index in [9.17, 15) is 0 Å². The van der Waals surface area contributed by atoms with Crippen LogP contribution in [0.2, 0.25) is 5.02 Å². The van der Waals surface area contributed by atoms with Crippen molar-refractivity contribution in [2.24, 2.45) is 0 Å². The Bertz CT molecular complexity index is 289. The normalized spacial score (nSPS) is 13.2. The van der Waals surface area contributed by atoms with Crippen LogP contribution < -0.4 is 0 Å². The first kappa shape index (κ1) is 11.7. The Morgan fingerprint density at radius 3 is 2.43 bits per heavy atom. The topological polar surface area (TPSA) is 18.5 Å². The summed E-state index contributed by atoms with van der Waals surface area (Å²) in [7, 11) is 2.13. The summed E-state index contributed by atoms with van der Waals surface area (Å²) < 4.78 is 10.6. The molecule has 4 heteroatoms. The molecular weight excluding hydrogens is 216 g/mol. The van der Waals surface area contributed by atoms with Crippen molar-refractivity contribution < 1.29 is 8.85 Å². The first-order chi connectivity index (χ1) is 6.69. The largest absolute Gasteiger partial charge is 0.396 e. The Labute approximate surface area is 91.6 Å². The van der Waals surface area contributed by atoms with Gasteiger partial charge in [0.25, 0.3) is 0 Å². The molecule has 0 saturated carbocycles. The van der Waals surface area contributed by atoms with E-state index < -0.39 is 9.28 Å². The molecule has 0 spiro atoms. The zero-order chi connectivity index (χ0) is 10.6. The summed E-state index contributed by atoms with van der Waals surface area (Å²) in [6.45, 7) is 2.09. The Morgan fingerprint density at radius 2 is 1.93 bits per heavy atom. The minimum absolute atomic E-state index is 0.272. The van der Waals surface area contributed by atoms with Gasteiger partial charge in [-0.3, -0.25) is 0 Å². The van der Waals surface area contributed by atoms with Crippen molar-refractivity contribution in [1.29, 1.82) is 0 Å². The van der Waals surface area contributed by atoms with Gasteiger partial charge < -0.3 is 8.85 Å². The van der Waals surface area contributed by atoms with Crippen LogP contribution in [0.5, 0.6) is 0 Å². The number of benzene rings is 1. The lowest BCUT2D eigenvalue weighted by molar-refractivity contribution is 0.269. The number of hydrogen-bond donors (Lipinski definition) is 0. The molecule has 1 rings (SSSR count). The van der Waals surface area contributed by atoms with Crippen molar-refractivity contribution >= 4 is 20.9 Å². The first-order valence-electron chi connectivity index (χ1n) is 4.39. The summed E-state index contributed by atoms with van der Waals surface area (Å²) in [6.07, 6.45) is 0. The molecule has 0 amide bonds. The quantitative estimate of drug-likeness (QED) is 0.740. The molecule has 0 aliphatic carbocycles. The van der Waals surface area contributed by atoms with E-state index in [2.05, 4.69) is 6.92 Å². The van der Waals surface area contributed by atoms with E-state index in [0.717, 1.165) is 10.6 Å². The molecule has 0 N–H and O–H groups in total. The average molecular weight is 230 g/mol. The number of hydrogen-bond acceptors (Lipinski definition) is 2. The summed E-state index contributed by atoms with van der Waals surface area (Å²) in [5.74, 6) is 0. The van der Waals surface area contributed by atoms with E-state index >= 15 is 0 Å². The van der Waals surface area contributed by atoms with Gasteiger partial charge in [-0.05, 0) is 17.7 Å². The second kappa shape index (κ2) is 5.51. The van der Waals surface area contributed by atoms with Crippen LogP contribution in [0.15, 0.2) is 24.3 Å². The summed E-state index contributed by atoms with van der Waals surface area (Å²) >= 11 is 5.91. The first-order valence-corrected chi connectivity index (χ1v) is 6.16. The zero-order valence-electron chi connectivity index (χ0n) is 8.58. The van der Waals surface area contributed by atoms with Crippen molar-refractivity contribution in [2.45, 2.75) is 12.5 Å². The van der Waals surface area contributed by atoms with Crippen LogP contribution in [0, 0.1) is 0 Å². The summed E-state index contributed by atoms with van der Waals surface area (Å²) in [4.78, 5) is 0. The predicted octanol–water partition coefficient (Wildman–Crippen LogP) is 2.76. The summed E-state index contributed by atoms with van der Waals surface area (Å²) in [5, 5.41) is 0.753. The minimum atomic E-state index is -1.23. The lowest BCUT2D eigenvalue weighted by Gasteiger charge is -2.17. The fraction of sp³-hybridized carbons (Fsp3) is 0.400. The van der Waals surface area contributed by atoms with Gasteiger partial charge in [-0.2, -0.15) is 0 Å². The fourth-order valence-electron chi connectivity index (χ4n) is 1.35. The van der Waals surface area contributed by atoms with Gasteiger partial charge in [-0.1, -0.05) is 30.7 Å². The van der Waals surface area contributed by atoms with Crippen LogP contribution in [0.1, 0.15) is 18.0 Å². The number of halogens is 1. The summed E-state index contributed by atoms with van der Waals surface area (Å²) in [5.41, 5.74) is 1.43. The Balaban J connectivity index is 2.82. The molecule has 14 heavy (non-hydrogen) atoms. The van der Waals surface area contributed by atoms with E-state index in [4.69, 9.17) is 20.5 Å². The SMILES string of the molecule is CO[Si](OC)C(C)c1cccc(Cl)c1. The molecule has 0 aliphatic rings. The Hall–Kier alpha value is -0.353. The molecule has 0 heterocycles. The van der Waals surface area contributed by atoms with Crippen molar-refractivity contribution in [3.8, 4) is 0 Å². The molecule has 0 bridgehead atoms. The highest BCUT2D eigenvalue weighted by atomic mass is 35.5. The molecule has 0 aliphatic heterocycles. The lowest BCUT2D eigenvalue weighted by Crippen LogP contribution is -2.26. The molecule has 1 atom stereocenters. The van der Waals surface area contributed by atoms with Crippen molar-refractivity contribution in [3.05, 3.63) is 34.9 Å². The van der Waals surface area contributed by atoms with Crippen molar-refractivity contribution in [1.82, 2.24) is 0 Å². The van der Waals surface area contributed by atoms with Crippen molar-refractivity contribution in [2.75, 3.05) is 14.2 Å². The van der Waals surface area contributed by atoms with Gasteiger partial charge in [0.2, 0.25) is 0 Å². The molecule has 0 aromatic heterocycles. The van der Waals surface area contributed by atoms with E-state index in [0.29, 0.717) is 0 Å². The van der Waals surface area contributed by atoms with E-state index in [1.165, 1.54) is 0 Å². The maximum Gasteiger partial charge on any atom is 0.391 e. The zero-order valence-corrected chi connectivity index (χ0v) is 10.3. The van der Waals surface area contributed by atoms with E-state index in [1.807, 2.05) is 24.3 Å². The average Bonchev–Trinajstić information content (AvgIpc) is 2.19. The third-order valence-electron chi connectivity index (χ3n) is 2.10. The molecule has 2 nitrogen and oxygen atoms in total. The highest BCUT2D eigenvalue weighted by Gasteiger charge is 2.23. The molecule has 1 aromatic carbocycles. The van der Waals surface area contributed by atoms with E-state index in [-0.39, 0.29) is 5.54 Å². The Kier molecular flexibility index (Phi) is 4.61. The van der Waals surface area contributed by atoms with Crippen molar-refractivity contribution in [3.63, 3.8) is 0 Å². The highest BCUT2D eigenvalue weighted by Crippen LogP contribution is 2.21. The highest BCUT2D eigenvalue weighted by molar-refractivity contribution is 6.46. The molecule has 1 aromatic rings. The van der Waals surface area contributed by atoms with Crippen LogP contribution >= 0.6 is 11.6 Å². The smallest absolute Gasteiger partial charge is 0.391 e. The third kappa shape index (κ3) is 2.82. The number of rotatable bonds is 4. The molecule has 0 fully saturated rings. The predicted molar refractivity (Wildman–Crippen MR) is 59.6 cm³/mol. The van der Waals surface area contributed by atoms with Crippen LogP contribution in [0.4, 0.5) is 0 Å². The third-order valence-corrected chi connectivity index (χ3v) is 4.18. The van der Waals surface area contributed by atoms with Crippen LogP contribution in [-0.2, 0) is 8.85 Å². The Morgan fingerprint density at radius 1 is 1.29 bits per heavy atom. The van der Waals surface area contributed by atoms with Crippen LogP contribution in [0.3, 0.4) is 0 Å². The van der Waals surface area contributed by atoms with Gasteiger partial charge in [0.05, 0.1) is 0 Å². The molecule has 77 valence electrons. The summed E-state index contributed by atoms with van der Waals surface area (Å²) in [6, 6.07) is 7.80. The maximum absolute atomic E-state index is 5.91. The van der Waals surface area contributed by atoms with Gasteiger partial charge in [-0.15, -0.1) is 0 Å². The van der Waals surface area contributed by atoms with E-state index in [1.54, 1.807) is 14.2 Å². The van der Waals surface area contributed by atoms with Gasteiger partial charge in [0.1, 0.15) is 0 Å². The molecule has 1 unspecified atom stereocenters. The van der Waals surface area contributed by atoms with Gasteiger partial charge >= 0.3 is 9.28 Å². The van der Waals surface area contributed by atoms with Gasteiger partial charge in [0.15, 0.2) is 0 Å². The molecule has 1 radical (unpaired) electrons. The lowest BCUT2D eigenvalue weighted by atomic mass is 10.2. The maximum atomic E-state index is 5.91. The molecular formula is C10H14ClO2Si. The monoisotopic (exact) mass is 229 g/mol. The second-order valence-corrected chi connectivity index (χ2v) is 5.76. The van der Waals surface area contributed by atoms with Crippen LogP contribution in [0.25, 0.3) is 0 Å².